The number of primary amides is 1. The van der Waals surface area contributed by atoms with Crippen LogP contribution >= 0.6 is 0 Å². The Morgan fingerprint density at radius 2 is 1.90 bits per heavy atom. The molecule has 21 heavy (non-hydrogen) atoms. The zero-order chi connectivity index (χ0) is 15.5. The summed E-state index contributed by atoms with van der Waals surface area (Å²) >= 11 is 0. The molecule has 6 nitrogen and oxygen atoms in total. The van der Waals surface area contributed by atoms with Crippen LogP contribution in [0.3, 0.4) is 0 Å². The highest BCUT2D eigenvalue weighted by atomic mass is 32.2. The summed E-state index contributed by atoms with van der Waals surface area (Å²) in [5.74, 6) is -1.34. The van der Waals surface area contributed by atoms with Gasteiger partial charge in [-0.2, -0.15) is 0 Å². The molecular formula is C13H12FN3O3S. The van der Waals surface area contributed by atoms with Crippen LogP contribution in [-0.4, -0.2) is 25.9 Å². The third-order valence-corrected chi connectivity index (χ3v) is 4.39. The highest BCUT2D eigenvalue weighted by molar-refractivity contribution is 7.92. The van der Waals surface area contributed by atoms with Gasteiger partial charge in [0.1, 0.15) is 17.3 Å². The second-order valence-electron chi connectivity index (χ2n) is 4.14. The first-order valence-corrected chi connectivity index (χ1v) is 7.32. The maximum absolute atomic E-state index is 13.0. The molecule has 0 fully saturated rings. The van der Waals surface area contributed by atoms with E-state index < -0.39 is 28.3 Å². The number of hydrogen-bond donors (Lipinski definition) is 1. The molecule has 0 saturated carbocycles. The van der Waals surface area contributed by atoms with E-state index in [0.717, 1.165) is 22.6 Å². The fourth-order valence-electron chi connectivity index (χ4n) is 1.69. The third-order valence-electron chi connectivity index (χ3n) is 2.64. The molecule has 2 aromatic rings. The van der Waals surface area contributed by atoms with Crippen molar-refractivity contribution in [1.29, 1.82) is 0 Å². The zero-order valence-corrected chi connectivity index (χ0v) is 11.6. The van der Waals surface area contributed by atoms with Crippen LogP contribution in [0.4, 0.5) is 10.1 Å². The maximum Gasteiger partial charge on any atom is 0.266 e. The molecule has 0 atom stereocenters. The van der Waals surface area contributed by atoms with Crippen molar-refractivity contribution in [3.05, 3.63) is 54.6 Å². The number of nitrogens with two attached hydrogens (primary N) is 1. The van der Waals surface area contributed by atoms with Crippen LogP contribution in [0.2, 0.25) is 0 Å². The highest BCUT2D eigenvalue weighted by Crippen LogP contribution is 2.23. The number of benzene rings is 1. The molecule has 1 heterocycles. The second kappa shape index (κ2) is 5.88. The van der Waals surface area contributed by atoms with Gasteiger partial charge in [0.15, 0.2) is 0 Å². The molecule has 0 aliphatic carbocycles. The molecule has 0 radical (unpaired) electrons. The summed E-state index contributed by atoms with van der Waals surface area (Å²) in [6, 6.07) is 7.52. The SMILES string of the molecule is NC(=O)CN(c1ccc(F)cc1)S(=O)(=O)c1cccnc1. The molecule has 8 heteroatoms. The summed E-state index contributed by atoms with van der Waals surface area (Å²) in [4.78, 5) is 14.8. The Morgan fingerprint density at radius 1 is 1.24 bits per heavy atom. The van der Waals surface area contributed by atoms with Crippen LogP contribution in [0, 0.1) is 5.82 Å². The van der Waals surface area contributed by atoms with E-state index in [-0.39, 0.29) is 10.6 Å². The quantitative estimate of drug-likeness (QED) is 0.888. The van der Waals surface area contributed by atoms with Gasteiger partial charge < -0.3 is 5.73 Å². The molecule has 110 valence electrons. The normalized spacial score (nSPS) is 11.1. The molecular weight excluding hydrogens is 297 g/mol. The average molecular weight is 309 g/mol. The van der Waals surface area contributed by atoms with Crippen molar-refractivity contribution in [3.8, 4) is 0 Å². The van der Waals surface area contributed by atoms with Gasteiger partial charge in [-0.05, 0) is 36.4 Å². The number of halogens is 1. The molecule has 0 spiro atoms. The van der Waals surface area contributed by atoms with Crippen molar-refractivity contribution in [1.82, 2.24) is 4.98 Å². The average Bonchev–Trinajstić information content (AvgIpc) is 2.46. The topological polar surface area (TPSA) is 93.4 Å². The van der Waals surface area contributed by atoms with E-state index in [1.807, 2.05) is 0 Å². The summed E-state index contributed by atoms with van der Waals surface area (Å²) in [7, 11) is -4.01. The monoisotopic (exact) mass is 309 g/mol. The Hall–Kier alpha value is -2.48. The fourth-order valence-corrected chi connectivity index (χ4v) is 3.09. The van der Waals surface area contributed by atoms with Crippen molar-refractivity contribution >= 4 is 21.6 Å². The summed E-state index contributed by atoms with van der Waals surface area (Å²) in [6.45, 7) is -0.553. The van der Waals surface area contributed by atoms with E-state index in [2.05, 4.69) is 4.98 Å². The van der Waals surface area contributed by atoms with Crippen molar-refractivity contribution in [2.45, 2.75) is 4.90 Å². The molecule has 1 aromatic carbocycles. The van der Waals surface area contributed by atoms with Gasteiger partial charge in [0.2, 0.25) is 5.91 Å². The van der Waals surface area contributed by atoms with Gasteiger partial charge in [-0.25, -0.2) is 12.8 Å². The molecule has 0 aliphatic rings. The van der Waals surface area contributed by atoms with Crippen molar-refractivity contribution in [2.24, 2.45) is 5.73 Å². The molecule has 1 aromatic heterocycles. The van der Waals surface area contributed by atoms with Crippen molar-refractivity contribution in [3.63, 3.8) is 0 Å². The first-order chi connectivity index (χ1) is 9.91. The molecule has 0 bridgehead atoms. The summed E-state index contributed by atoms with van der Waals surface area (Å²) in [6.07, 6.45) is 2.59. The minimum atomic E-state index is -4.01. The smallest absolute Gasteiger partial charge is 0.266 e. The predicted octanol–water partition coefficient (Wildman–Crippen LogP) is 0.901. The van der Waals surface area contributed by atoms with E-state index >= 15 is 0 Å². The lowest BCUT2D eigenvalue weighted by Crippen LogP contribution is -2.38. The molecule has 1 amide bonds. The number of amides is 1. The number of pyridine rings is 1. The molecule has 2 rings (SSSR count). The summed E-state index contributed by atoms with van der Waals surface area (Å²) in [5, 5.41) is 0. The molecule has 0 saturated heterocycles. The van der Waals surface area contributed by atoms with Crippen molar-refractivity contribution < 1.29 is 17.6 Å². The number of carbonyl (C=O) groups is 1. The first-order valence-electron chi connectivity index (χ1n) is 5.88. The van der Waals surface area contributed by atoms with Crippen LogP contribution in [0.15, 0.2) is 53.7 Å². The van der Waals surface area contributed by atoms with E-state index in [1.54, 1.807) is 0 Å². The Labute approximate surface area is 121 Å². The minimum absolute atomic E-state index is 0.0874. The number of carbonyl (C=O) groups excluding carboxylic acids is 1. The molecule has 0 aliphatic heterocycles. The van der Waals surface area contributed by atoms with Crippen LogP contribution in [0.25, 0.3) is 0 Å². The summed E-state index contributed by atoms with van der Waals surface area (Å²) < 4.78 is 38.8. The number of rotatable bonds is 5. The van der Waals surface area contributed by atoms with Gasteiger partial charge in [0.25, 0.3) is 10.0 Å². The largest absolute Gasteiger partial charge is 0.368 e. The second-order valence-corrected chi connectivity index (χ2v) is 6.01. The first kappa shape index (κ1) is 14.9. The van der Waals surface area contributed by atoms with Gasteiger partial charge in [0.05, 0.1) is 5.69 Å². The fraction of sp³-hybridized carbons (Fsp3) is 0.0769. The van der Waals surface area contributed by atoms with Gasteiger partial charge >= 0.3 is 0 Å². The highest BCUT2D eigenvalue weighted by Gasteiger charge is 2.26. The lowest BCUT2D eigenvalue weighted by atomic mass is 10.3. The van der Waals surface area contributed by atoms with Crippen LogP contribution in [0.5, 0.6) is 0 Å². The lowest BCUT2D eigenvalue weighted by Gasteiger charge is -2.22. The Kier molecular flexibility index (Phi) is 4.18. The standard InChI is InChI=1S/C13H12FN3O3S/c14-10-3-5-11(6-4-10)17(9-13(15)18)21(19,20)12-2-1-7-16-8-12/h1-8H,9H2,(H2,15,18). The molecule has 0 unspecified atom stereocenters. The van der Waals surface area contributed by atoms with E-state index in [0.29, 0.717) is 0 Å². The van der Waals surface area contributed by atoms with Crippen molar-refractivity contribution in [2.75, 3.05) is 10.8 Å². The van der Waals surface area contributed by atoms with Gasteiger partial charge in [-0.15, -0.1) is 0 Å². The lowest BCUT2D eigenvalue weighted by molar-refractivity contribution is -0.116. The number of hydrogen-bond acceptors (Lipinski definition) is 4. The van der Waals surface area contributed by atoms with Gasteiger partial charge in [0, 0.05) is 12.4 Å². The summed E-state index contributed by atoms with van der Waals surface area (Å²) in [5.41, 5.74) is 5.24. The van der Waals surface area contributed by atoms with E-state index in [9.17, 15) is 17.6 Å². The Morgan fingerprint density at radius 3 is 2.43 bits per heavy atom. The number of anilines is 1. The number of aromatic nitrogens is 1. The Bertz CT molecular complexity index is 733. The minimum Gasteiger partial charge on any atom is -0.368 e. The number of sulfonamides is 1. The van der Waals surface area contributed by atoms with E-state index in [1.165, 1.54) is 30.5 Å². The van der Waals surface area contributed by atoms with Gasteiger partial charge in [-0.3, -0.25) is 14.1 Å². The van der Waals surface area contributed by atoms with Crippen LogP contribution in [0.1, 0.15) is 0 Å². The van der Waals surface area contributed by atoms with Gasteiger partial charge in [-0.1, -0.05) is 0 Å². The predicted molar refractivity (Wildman–Crippen MR) is 74.4 cm³/mol. The Balaban J connectivity index is 2.50. The van der Waals surface area contributed by atoms with Crippen LogP contribution < -0.4 is 10.0 Å². The van der Waals surface area contributed by atoms with Crippen LogP contribution in [-0.2, 0) is 14.8 Å². The number of nitrogens with zero attached hydrogens (tertiary/aromatic N) is 2. The van der Waals surface area contributed by atoms with E-state index in [4.69, 9.17) is 5.73 Å². The zero-order valence-electron chi connectivity index (χ0n) is 10.8. The molecule has 2 N–H and O–H groups in total. The third kappa shape index (κ3) is 3.34. The maximum atomic E-state index is 13.0.